The minimum atomic E-state index is -0.403. The summed E-state index contributed by atoms with van der Waals surface area (Å²) in [6.45, 7) is 2.00. The summed E-state index contributed by atoms with van der Waals surface area (Å²) in [7, 11) is 0. The fraction of sp³-hybridized carbons (Fsp3) is 0.300. The largest absolute Gasteiger partial charge is 0.453 e. The number of H-pyrrole nitrogens is 1. The Morgan fingerprint density at radius 3 is 3.04 bits per heavy atom. The van der Waals surface area contributed by atoms with Crippen LogP contribution in [0, 0.1) is 5.92 Å². The molecule has 2 aromatic heterocycles. The first kappa shape index (κ1) is 16.1. The van der Waals surface area contributed by atoms with Gasteiger partial charge in [-0.05, 0) is 42.9 Å². The maximum absolute atomic E-state index is 12.4. The summed E-state index contributed by atoms with van der Waals surface area (Å²) >= 11 is 1.51. The molecule has 5 heteroatoms. The van der Waals surface area contributed by atoms with Crippen molar-refractivity contribution >= 4 is 34.0 Å². The summed E-state index contributed by atoms with van der Waals surface area (Å²) < 4.78 is 5.28. The fourth-order valence-electron chi connectivity index (χ4n) is 3.39. The number of hydrogen-bond acceptors (Lipinski definition) is 4. The second kappa shape index (κ2) is 6.48. The standard InChI is InChI=1S/C20H19NO3S/c1-12-6-7-18-13(8-12)9-19(25-18)20(23)24-11-17(22)15-10-21-16-5-3-2-4-14(15)16/h2-5,9-10,12,21H,6-8,11H2,1H3/t12-/m0/s1. The molecule has 1 N–H and O–H groups in total. The number of aromatic nitrogens is 1. The molecule has 128 valence electrons. The molecule has 1 atom stereocenters. The van der Waals surface area contributed by atoms with E-state index in [9.17, 15) is 9.59 Å². The van der Waals surface area contributed by atoms with E-state index in [2.05, 4.69) is 11.9 Å². The van der Waals surface area contributed by atoms with Crippen molar-refractivity contribution in [2.24, 2.45) is 5.92 Å². The molecule has 4 rings (SSSR count). The van der Waals surface area contributed by atoms with Gasteiger partial charge in [-0.1, -0.05) is 25.1 Å². The lowest BCUT2D eigenvalue weighted by atomic mass is 9.90. The number of benzene rings is 1. The second-order valence-corrected chi connectivity index (χ2v) is 7.79. The van der Waals surface area contributed by atoms with Crippen LogP contribution < -0.4 is 0 Å². The third kappa shape index (κ3) is 3.12. The van der Waals surface area contributed by atoms with Crippen LogP contribution in [0.3, 0.4) is 0 Å². The Bertz CT molecular complexity index is 953. The first-order valence-corrected chi connectivity index (χ1v) is 9.31. The Labute approximate surface area is 149 Å². The highest BCUT2D eigenvalue weighted by atomic mass is 32.1. The molecule has 2 heterocycles. The van der Waals surface area contributed by atoms with Gasteiger partial charge >= 0.3 is 5.97 Å². The number of nitrogens with one attached hydrogen (secondary N) is 1. The van der Waals surface area contributed by atoms with Crippen molar-refractivity contribution in [3.63, 3.8) is 0 Å². The fourth-order valence-corrected chi connectivity index (χ4v) is 4.49. The average Bonchev–Trinajstić information content (AvgIpc) is 3.23. The summed E-state index contributed by atoms with van der Waals surface area (Å²) in [4.78, 5) is 29.7. The number of fused-ring (bicyclic) bond motifs is 2. The van der Waals surface area contributed by atoms with E-state index < -0.39 is 5.97 Å². The quantitative estimate of drug-likeness (QED) is 0.559. The minimum Gasteiger partial charge on any atom is -0.453 e. The number of aryl methyl sites for hydroxylation is 1. The lowest BCUT2D eigenvalue weighted by molar-refractivity contribution is 0.0480. The van der Waals surface area contributed by atoms with Crippen LogP contribution in [0.5, 0.6) is 0 Å². The highest BCUT2D eigenvalue weighted by Crippen LogP contribution is 2.32. The number of carbonyl (C=O) groups is 2. The van der Waals surface area contributed by atoms with Crippen LogP contribution in [-0.4, -0.2) is 23.3 Å². The van der Waals surface area contributed by atoms with Gasteiger partial charge in [0.1, 0.15) is 4.88 Å². The first-order chi connectivity index (χ1) is 12.1. The van der Waals surface area contributed by atoms with Gasteiger partial charge in [0.05, 0.1) is 0 Å². The van der Waals surface area contributed by atoms with Crippen LogP contribution >= 0.6 is 11.3 Å². The Balaban J connectivity index is 1.44. The van der Waals surface area contributed by atoms with Crippen LogP contribution in [-0.2, 0) is 17.6 Å². The Kier molecular flexibility index (Phi) is 4.17. The molecule has 0 bridgehead atoms. The van der Waals surface area contributed by atoms with Crippen molar-refractivity contribution in [1.82, 2.24) is 4.98 Å². The molecule has 4 nitrogen and oxygen atoms in total. The van der Waals surface area contributed by atoms with Crippen LogP contribution in [0.2, 0.25) is 0 Å². The first-order valence-electron chi connectivity index (χ1n) is 8.50. The number of thiophene rings is 1. The minimum absolute atomic E-state index is 0.194. The highest BCUT2D eigenvalue weighted by molar-refractivity contribution is 7.14. The molecule has 0 spiro atoms. The van der Waals surface area contributed by atoms with Gasteiger partial charge in [-0.2, -0.15) is 0 Å². The van der Waals surface area contributed by atoms with E-state index in [1.54, 1.807) is 6.20 Å². The summed E-state index contributed by atoms with van der Waals surface area (Å²) in [6, 6.07) is 9.53. The van der Waals surface area contributed by atoms with Gasteiger partial charge in [-0.25, -0.2) is 4.79 Å². The van der Waals surface area contributed by atoms with Gasteiger partial charge in [-0.15, -0.1) is 11.3 Å². The van der Waals surface area contributed by atoms with Crippen LogP contribution in [0.1, 0.15) is 43.8 Å². The SMILES string of the molecule is C[C@H]1CCc2sc(C(=O)OCC(=O)c3c[nH]c4ccccc34)cc2C1. The molecule has 1 aromatic carbocycles. The summed E-state index contributed by atoms with van der Waals surface area (Å²) in [6.07, 6.45) is 4.89. The number of hydrogen-bond donors (Lipinski definition) is 1. The number of para-hydroxylation sites is 1. The van der Waals surface area contributed by atoms with Crippen LogP contribution in [0.15, 0.2) is 36.5 Å². The molecule has 0 radical (unpaired) electrons. The predicted octanol–water partition coefficient (Wildman–Crippen LogP) is 4.39. The number of Topliss-reactive ketones (excluding diaryl/α,β-unsaturated/α-hetero) is 1. The molecular weight excluding hydrogens is 334 g/mol. The summed E-state index contributed by atoms with van der Waals surface area (Å²) in [5.41, 5.74) is 2.72. The van der Waals surface area contributed by atoms with Crippen molar-refractivity contribution in [1.29, 1.82) is 0 Å². The zero-order valence-corrected chi connectivity index (χ0v) is 14.8. The predicted molar refractivity (Wildman–Crippen MR) is 98.4 cm³/mol. The Hall–Kier alpha value is -2.40. The van der Waals surface area contributed by atoms with E-state index >= 15 is 0 Å². The molecule has 1 aliphatic carbocycles. The normalized spacial score (nSPS) is 16.6. The topological polar surface area (TPSA) is 59.2 Å². The number of esters is 1. The van der Waals surface area contributed by atoms with E-state index in [1.165, 1.54) is 28.2 Å². The van der Waals surface area contributed by atoms with Crippen molar-refractivity contribution in [3.8, 4) is 0 Å². The lowest BCUT2D eigenvalue weighted by Gasteiger charge is -2.16. The van der Waals surface area contributed by atoms with E-state index in [0.29, 0.717) is 16.4 Å². The third-order valence-electron chi connectivity index (χ3n) is 4.75. The number of ether oxygens (including phenoxy) is 1. The van der Waals surface area contributed by atoms with E-state index in [0.717, 1.165) is 23.7 Å². The van der Waals surface area contributed by atoms with Crippen molar-refractivity contribution < 1.29 is 14.3 Å². The molecule has 3 aromatic rings. The molecule has 0 unspecified atom stereocenters. The zero-order chi connectivity index (χ0) is 17.4. The molecule has 25 heavy (non-hydrogen) atoms. The van der Waals surface area contributed by atoms with Gasteiger partial charge in [0.25, 0.3) is 0 Å². The van der Waals surface area contributed by atoms with Gasteiger partial charge in [0, 0.05) is 27.5 Å². The molecule has 0 aliphatic heterocycles. The monoisotopic (exact) mass is 353 g/mol. The molecule has 0 saturated carbocycles. The van der Waals surface area contributed by atoms with E-state index in [-0.39, 0.29) is 12.4 Å². The molecular formula is C20H19NO3S. The average molecular weight is 353 g/mol. The zero-order valence-electron chi connectivity index (χ0n) is 14.0. The number of carbonyl (C=O) groups excluding carboxylic acids is 2. The highest BCUT2D eigenvalue weighted by Gasteiger charge is 2.22. The van der Waals surface area contributed by atoms with Crippen molar-refractivity contribution in [2.75, 3.05) is 6.61 Å². The summed E-state index contributed by atoms with van der Waals surface area (Å²) in [5.74, 6) is 0.0652. The van der Waals surface area contributed by atoms with Gasteiger partial charge in [-0.3, -0.25) is 4.79 Å². The maximum atomic E-state index is 12.4. The number of ketones is 1. The smallest absolute Gasteiger partial charge is 0.348 e. The number of rotatable bonds is 4. The van der Waals surface area contributed by atoms with Crippen molar-refractivity contribution in [2.45, 2.75) is 26.2 Å². The third-order valence-corrected chi connectivity index (χ3v) is 5.97. The molecule has 0 saturated heterocycles. The molecule has 1 aliphatic rings. The second-order valence-electron chi connectivity index (χ2n) is 6.65. The number of aromatic amines is 1. The molecule has 0 fully saturated rings. The Morgan fingerprint density at radius 1 is 1.32 bits per heavy atom. The van der Waals surface area contributed by atoms with Crippen LogP contribution in [0.4, 0.5) is 0 Å². The van der Waals surface area contributed by atoms with E-state index in [4.69, 9.17) is 4.74 Å². The lowest BCUT2D eigenvalue weighted by Crippen LogP contribution is -2.13. The maximum Gasteiger partial charge on any atom is 0.348 e. The molecule has 0 amide bonds. The Morgan fingerprint density at radius 2 is 2.16 bits per heavy atom. The van der Waals surface area contributed by atoms with E-state index in [1.807, 2.05) is 30.3 Å². The van der Waals surface area contributed by atoms with Crippen LogP contribution in [0.25, 0.3) is 10.9 Å². The van der Waals surface area contributed by atoms with Crippen molar-refractivity contribution in [3.05, 3.63) is 57.4 Å². The van der Waals surface area contributed by atoms with Gasteiger partial charge < -0.3 is 9.72 Å². The summed E-state index contributed by atoms with van der Waals surface area (Å²) in [5, 5.41) is 0.851. The van der Waals surface area contributed by atoms with Gasteiger partial charge in [0.2, 0.25) is 5.78 Å². The van der Waals surface area contributed by atoms with Gasteiger partial charge in [0.15, 0.2) is 6.61 Å².